The topological polar surface area (TPSA) is 185 Å². The van der Waals surface area contributed by atoms with E-state index < -0.39 is 0 Å². The van der Waals surface area contributed by atoms with Gasteiger partial charge in [-0.1, -0.05) is 96.9 Å². The van der Waals surface area contributed by atoms with Gasteiger partial charge in [0.15, 0.2) is 0 Å². The molecule has 15 nitrogen and oxygen atoms in total. The number of hydrogen-bond acceptors (Lipinski definition) is 13. The molecule has 0 spiro atoms. The van der Waals surface area contributed by atoms with Crippen molar-refractivity contribution in [1.82, 2.24) is 9.80 Å². The monoisotopic (exact) mass is 935 g/mol. The number of amides is 2. The van der Waals surface area contributed by atoms with Gasteiger partial charge >= 0.3 is 23.9 Å². The van der Waals surface area contributed by atoms with Crippen LogP contribution in [0.5, 0.6) is 0 Å². The molecule has 2 aliphatic heterocycles. The van der Waals surface area contributed by atoms with Crippen molar-refractivity contribution < 1.29 is 62.3 Å². The van der Waals surface area contributed by atoms with Crippen molar-refractivity contribution in [1.29, 1.82) is 0 Å². The molecule has 2 amide bonds. The van der Waals surface area contributed by atoms with Gasteiger partial charge in [0.05, 0.1) is 63.3 Å². The Morgan fingerprint density at radius 2 is 1.05 bits per heavy atom. The van der Waals surface area contributed by atoms with Crippen LogP contribution in [0.1, 0.15) is 169 Å². The van der Waals surface area contributed by atoms with Gasteiger partial charge in [-0.3, -0.25) is 28.8 Å². The summed E-state index contributed by atoms with van der Waals surface area (Å²) in [6, 6.07) is 0.454. The van der Waals surface area contributed by atoms with Crippen molar-refractivity contribution >= 4 is 35.7 Å². The van der Waals surface area contributed by atoms with E-state index in [1.807, 2.05) is 99.8 Å². The molecule has 2 rings (SSSR count). The number of morpholine rings is 1. The molecule has 7 unspecified atom stereocenters. The Balaban J connectivity index is -0.000000344. The fraction of sp³-hybridized carbons (Fsp3) is 0.880. The molecule has 0 aliphatic carbocycles. The first-order chi connectivity index (χ1) is 30.6. The number of carbonyl (C=O) groups excluding carboxylic acids is 6. The summed E-state index contributed by atoms with van der Waals surface area (Å²) in [4.78, 5) is 70.5. The molecule has 386 valence electrons. The average molecular weight is 935 g/mol. The largest absolute Gasteiger partial charge is 0.465 e. The molecular weight excluding hydrogens is 837 g/mol. The summed E-state index contributed by atoms with van der Waals surface area (Å²) in [5.74, 6) is 0.779. The van der Waals surface area contributed by atoms with Crippen molar-refractivity contribution in [3.8, 4) is 0 Å². The van der Waals surface area contributed by atoms with E-state index in [1.54, 1.807) is 14.0 Å². The molecule has 2 fully saturated rings. The normalized spacial score (nSPS) is 16.1. The molecule has 2 aliphatic rings. The number of nitrogens with zero attached hydrogens (tertiary/aromatic N) is 2. The SMILES string of the molecule is CCC(C)C(=O)N1CCOCC1.CCC(C)C(=O)OC(C)CO.CCC(C)C(=O)OCC(C)C.CCC(C)C(=O)OCCOC.CCC(C)N1CCCC1=O.CCCOC(=O)C(C)CC. The summed E-state index contributed by atoms with van der Waals surface area (Å²) >= 11 is 0. The van der Waals surface area contributed by atoms with Gasteiger partial charge < -0.3 is 43.3 Å². The van der Waals surface area contributed by atoms with Crippen LogP contribution >= 0.6 is 0 Å². The third kappa shape index (κ3) is 37.5. The lowest BCUT2D eigenvalue weighted by Crippen LogP contribution is -2.43. The number of rotatable bonds is 21. The summed E-state index contributed by atoms with van der Waals surface area (Å²) < 4.78 is 29.6. The van der Waals surface area contributed by atoms with Gasteiger partial charge in [0.25, 0.3) is 0 Å². The fourth-order valence-corrected chi connectivity index (χ4v) is 4.75. The first-order valence-electron chi connectivity index (χ1n) is 24.6. The van der Waals surface area contributed by atoms with Crippen LogP contribution in [-0.4, -0.2) is 136 Å². The summed E-state index contributed by atoms with van der Waals surface area (Å²) in [7, 11) is 1.58. The number of hydrogen-bond donors (Lipinski definition) is 1. The van der Waals surface area contributed by atoms with E-state index in [0.29, 0.717) is 57.5 Å². The molecule has 2 heterocycles. The number of likely N-dealkylation sites (tertiary alicyclic amines) is 1. The van der Waals surface area contributed by atoms with E-state index in [4.69, 9.17) is 33.5 Å². The van der Waals surface area contributed by atoms with Gasteiger partial charge in [-0.05, 0) is 71.1 Å². The summed E-state index contributed by atoms with van der Waals surface area (Å²) in [5, 5.41) is 8.56. The Labute approximate surface area is 396 Å². The predicted molar refractivity (Wildman–Crippen MR) is 258 cm³/mol. The predicted octanol–water partition coefficient (Wildman–Crippen LogP) is 8.69. The highest BCUT2D eigenvalue weighted by Gasteiger charge is 2.24. The highest BCUT2D eigenvalue weighted by atomic mass is 16.6. The summed E-state index contributed by atoms with van der Waals surface area (Å²) in [5.41, 5.74) is 0. The lowest BCUT2D eigenvalue weighted by atomic mass is 10.1. The maximum absolute atomic E-state index is 11.6. The molecule has 65 heavy (non-hydrogen) atoms. The van der Waals surface area contributed by atoms with Crippen LogP contribution in [0.3, 0.4) is 0 Å². The third-order valence-electron chi connectivity index (χ3n) is 10.8. The number of carbonyl (C=O) groups is 6. The molecule has 0 saturated carbocycles. The van der Waals surface area contributed by atoms with E-state index in [0.717, 1.165) is 77.4 Å². The first-order valence-corrected chi connectivity index (χ1v) is 24.6. The van der Waals surface area contributed by atoms with E-state index in [1.165, 1.54) is 0 Å². The van der Waals surface area contributed by atoms with Crippen molar-refractivity contribution in [2.75, 3.05) is 73.0 Å². The molecule has 0 aromatic heterocycles. The molecule has 0 aromatic rings. The van der Waals surface area contributed by atoms with Crippen LogP contribution in [0.15, 0.2) is 0 Å². The van der Waals surface area contributed by atoms with Crippen molar-refractivity contribution in [2.45, 2.75) is 181 Å². The van der Waals surface area contributed by atoms with Gasteiger partial charge in [0.1, 0.15) is 12.7 Å². The maximum Gasteiger partial charge on any atom is 0.308 e. The quantitative estimate of drug-likeness (QED) is 0.0656. The number of aliphatic hydroxyl groups is 1. The second-order valence-corrected chi connectivity index (χ2v) is 17.2. The molecule has 7 atom stereocenters. The van der Waals surface area contributed by atoms with Crippen LogP contribution < -0.4 is 0 Å². The van der Waals surface area contributed by atoms with Gasteiger partial charge in [-0.2, -0.15) is 0 Å². The second-order valence-electron chi connectivity index (χ2n) is 17.2. The van der Waals surface area contributed by atoms with Crippen LogP contribution in [0.2, 0.25) is 0 Å². The number of ether oxygens (including phenoxy) is 6. The van der Waals surface area contributed by atoms with Crippen LogP contribution in [0, 0.1) is 35.5 Å². The zero-order valence-electron chi connectivity index (χ0n) is 44.3. The highest BCUT2D eigenvalue weighted by Crippen LogP contribution is 2.15. The molecule has 15 heteroatoms. The van der Waals surface area contributed by atoms with Gasteiger partial charge in [0.2, 0.25) is 11.8 Å². The lowest BCUT2D eigenvalue weighted by Gasteiger charge is -2.28. The third-order valence-corrected chi connectivity index (χ3v) is 10.8. The minimum Gasteiger partial charge on any atom is -0.465 e. The minimum absolute atomic E-state index is 0.00635. The zero-order valence-corrected chi connectivity index (χ0v) is 44.3. The van der Waals surface area contributed by atoms with Gasteiger partial charge in [-0.15, -0.1) is 0 Å². The molecule has 0 bridgehead atoms. The first kappa shape index (κ1) is 68.3. The Hall–Kier alpha value is -3.30. The fourth-order valence-electron chi connectivity index (χ4n) is 4.75. The summed E-state index contributed by atoms with van der Waals surface area (Å²) in [6.07, 6.45) is 7.68. The average Bonchev–Trinajstić information content (AvgIpc) is 3.76. The number of esters is 4. The Morgan fingerprint density at radius 3 is 1.42 bits per heavy atom. The van der Waals surface area contributed by atoms with Crippen molar-refractivity contribution in [3.05, 3.63) is 0 Å². The molecule has 2 saturated heterocycles. The number of methoxy groups -OCH3 is 1. The number of aliphatic hydroxyl groups excluding tert-OH is 1. The van der Waals surface area contributed by atoms with E-state index in [2.05, 4.69) is 13.8 Å². The van der Waals surface area contributed by atoms with E-state index >= 15 is 0 Å². The Kier molecular flexibility index (Phi) is 46.8. The maximum atomic E-state index is 11.6. The Bertz CT molecular complexity index is 1210. The second kappa shape index (κ2) is 44.5. The molecule has 0 aromatic carbocycles. The molecular formula is C50H98N2O13. The van der Waals surface area contributed by atoms with Crippen molar-refractivity contribution in [2.24, 2.45) is 35.5 Å². The van der Waals surface area contributed by atoms with Gasteiger partial charge in [0, 0.05) is 45.1 Å². The molecule has 0 radical (unpaired) electrons. The smallest absolute Gasteiger partial charge is 0.308 e. The minimum atomic E-state index is -0.378. The lowest BCUT2D eigenvalue weighted by molar-refractivity contribution is -0.154. The molecule has 1 N–H and O–H groups in total. The van der Waals surface area contributed by atoms with Crippen LogP contribution in [-0.2, 0) is 57.2 Å². The summed E-state index contributed by atoms with van der Waals surface area (Å²) in [6.45, 7) is 37.0. The van der Waals surface area contributed by atoms with Gasteiger partial charge in [-0.25, -0.2) is 0 Å². The Morgan fingerprint density at radius 1 is 0.600 bits per heavy atom. The standard InChI is InChI=1S/C9H17NO2.C9H18O2.C8H15NO.2C8H16O3.C8H16O2/c1-3-8(2)9(11)10-4-6-12-7-5-10;1-5-8(4)9(10)11-6-7(2)3;1-3-7(2)9-6-4-5-8(9)10;1-4-7(2)8(9)11-6-5-10-3;1-4-6(2)8(10)11-7(3)5-9;1-4-6-10-8(9)7(3)5-2/h8H,3-7H2,1-2H3;7-8H,5-6H2,1-4H3;7H,3-6H2,1-2H3;7H,4-6H2,1-3H3;6-7,9H,4-5H2,1-3H3;7H,4-6H2,1-3H3. The highest BCUT2D eigenvalue weighted by molar-refractivity contribution is 5.79. The van der Waals surface area contributed by atoms with E-state index in [-0.39, 0.29) is 72.1 Å². The zero-order chi connectivity index (χ0) is 50.9. The van der Waals surface area contributed by atoms with Crippen LogP contribution in [0.25, 0.3) is 0 Å². The van der Waals surface area contributed by atoms with E-state index in [9.17, 15) is 28.8 Å². The van der Waals surface area contributed by atoms with Crippen LogP contribution in [0.4, 0.5) is 0 Å². The van der Waals surface area contributed by atoms with Crippen molar-refractivity contribution in [3.63, 3.8) is 0 Å².